The summed E-state index contributed by atoms with van der Waals surface area (Å²) in [7, 11) is 0. The summed E-state index contributed by atoms with van der Waals surface area (Å²) in [6, 6.07) is 9.83. The Kier molecular flexibility index (Phi) is 5.03. The third-order valence-corrected chi connectivity index (χ3v) is 5.01. The summed E-state index contributed by atoms with van der Waals surface area (Å²) in [6.45, 7) is 0.988. The largest absolute Gasteiger partial charge is 0.379 e. The van der Waals surface area contributed by atoms with Gasteiger partial charge in [-0.2, -0.15) is 0 Å². The van der Waals surface area contributed by atoms with E-state index in [1.54, 1.807) is 6.20 Å². The number of fused-ring (bicyclic) bond motifs is 1. The number of H-pyrrole nitrogens is 2. The lowest BCUT2D eigenvalue weighted by Gasteiger charge is -2.20. The van der Waals surface area contributed by atoms with Crippen LogP contribution in [0.4, 0.5) is 0 Å². The van der Waals surface area contributed by atoms with Gasteiger partial charge in [0, 0.05) is 29.3 Å². The lowest BCUT2D eigenvalue weighted by Crippen LogP contribution is -2.42. The number of amides is 1. The highest BCUT2D eigenvalue weighted by molar-refractivity contribution is 5.82. The highest BCUT2D eigenvalue weighted by atomic mass is 16.5. The van der Waals surface area contributed by atoms with Gasteiger partial charge in [0.1, 0.15) is 0 Å². The zero-order chi connectivity index (χ0) is 19.5. The summed E-state index contributed by atoms with van der Waals surface area (Å²) in [4.78, 5) is 44.1. The van der Waals surface area contributed by atoms with Crippen LogP contribution in [0.1, 0.15) is 11.1 Å². The smallest absolute Gasteiger partial charge is 0.325 e. The maximum absolute atomic E-state index is 12.4. The van der Waals surface area contributed by atoms with Crippen LogP contribution in [0.2, 0.25) is 0 Å². The van der Waals surface area contributed by atoms with Crippen LogP contribution in [0, 0.1) is 5.92 Å². The second kappa shape index (κ2) is 7.77. The number of nitrogens with zero attached hydrogens (tertiary/aromatic N) is 1. The molecule has 8 heteroatoms. The number of nitrogens with one attached hydrogen (secondary N) is 3. The van der Waals surface area contributed by atoms with Gasteiger partial charge in [-0.25, -0.2) is 4.79 Å². The minimum absolute atomic E-state index is 0.104. The van der Waals surface area contributed by atoms with Crippen LogP contribution in [0.5, 0.6) is 0 Å². The second-order valence-corrected chi connectivity index (χ2v) is 6.94. The number of hydrogen-bond acceptors (Lipinski definition) is 5. The molecule has 0 spiro atoms. The van der Waals surface area contributed by atoms with Gasteiger partial charge >= 0.3 is 5.69 Å². The van der Waals surface area contributed by atoms with Crippen LogP contribution >= 0.6 is 0 Å². The predicted octanol–water partition coefficient (Wildman–Crippen LogP) is 0.528. The van der Waals surface area contributed by atoms with Crippen molar-refractivity contribution >= 4 is 16.8 Å². The van der Waals surface area contributed by atoms with E-state index >= 15 is 0 Å². The molecule has 2 atom stereocenters. The Morgan fingerprint density at radius 3 is 2.89 bits per heavy atom. The molecule has 1 aliphatic rings. The molecule has 0 unspecified atom stereocenters. The van der Waals surface area contributed by atoms with E-state index in [1.807, 2.05) is 30.3 Å². The van der Waals surface area contributed by atoms with Crippen LogP contribution in [-0.4, -0.2) is 40.1 Å². The first kappa shape index (κ1) is 18.1. The molecule has 2 aromatic heterocycles. The molecule has 0 radical (unpaired) electrons. The fourth-order valence-corrected chi connectivity index (χ4v) is 3.57. The van der Waals surface area contributed by atoms with Gasteiger partial charge in [0.25, 0.3) is 5.56 Å². The van der Waals surface area contributed by atoms with Crippen molar-refractivity contribution in [1.29, 1.82) is 0 Å². The number of aromatic amines is 2. The molecular weight excluding hydrogens is 360 g/mol. The highest BCUT2D eigenvalue weighted by Gasteiger charge is 2.30. The van der Waals surface area contributed by atoms with Crippen molar-refractivity contribution in [2.75, 3.05) is 13.2 Å². The minimum Gasteiger partial charge on any atom is -0.379 e. The zero-order valence-corrected chi connectivity index (χ0v) is 15.1. The van der Waals surface area contributed by atoms with Crippen molar-refractivity contribution < 1.29 is 9.53 Å². The summed E-state index contributed by atoms with van der Waals surface area (Å²) in [5.41, 5.74) is 1.17. The van der Waals surface area contributed by atoms with Crippen molar-refractivity contribution in [3.63, 3.8) is 0 Å². The number of rotatable bonds is 5. The van der Waals surface area contributed by atoms with Gasteiger partial charge in [0.15, 0.2) is 0 Å². The van der Waals surface area contributed by atoms with Crippen LogP contribution in [0.25, 0.3) is 10.9 Å². The Bertz CT molecular complexity index is 1120. The number of pyridine rings is 1. The topological polar surface area (TPSA) is 117 Å². The second-order valence-electron chi connectivity index (χ2n) is 6.94. The minimum atomic E-state index is -0.594. The molecule has 1 aromatic carbocycles. The van der Waals surface area contributed by atoms with Gasteiger partial charge in [-0.15, -0.1) is 0 Å². The van der Waals surface area contributed by atoms with Gasteiger partial charge in [-0.05, 0) is 24.1 Å². The van der Waals surface area contributed by atoms with Crippen molar-refractivity contribution in [3.8, 4) is 0 Å². The number of ether oxygens (including phenoxy) is 1. The SMILES string of the molecule is O=C(Cc1c[nH]c(=O)[nH]c1=O)N[C@H]1COC[C@H]1Cc1ccnc2ccccc12. The Morgan fingerprint density at radius 2 is 2.04 bits per heavy atom. The number of hydrogen-bond donors (Lipinski definition) is 3. The quantitative estimate of drug-likeness (QED) is 0.597. The maximum atomic E-state index is 12.4. The first-order chi connectivity index (χ1) is 13.6. The molecule has 0 saturated carbocycles. The summed E-state index contributed by atoms with van der Waals surface area (Å²) in [5, 5.41) is 4.06. The van der Waals surface area contributed by atoms with Crippen LogP contribution in [0.15, 0.2) is 52.3 Å². The summed E-state index contributed by atoms with van der Waals surface area (Å²) in [5.74, 6) is -0.152. The van der Waals surface area contributed by atoms with Gasteiger partial charge in [0.2, 0.25) is 5.91 Å². The van der Waals surface area contributed by atoms with E-state index in [9.17, 15) is 14.4 Å². The van der Waals surface area contributed by atoms with E-state index in [0.29, 0.717) is 13.2 Å². The standard InChI is InChI=1S/C20H20N4O4/c25-18(8-13-9-22-20(27)24-19(13)26)23-17-11-28-10-14(17)7-12-5-6-21-16-4-2-1-3-15(12)16/h1-6,9,14,17H,7-8,10-11H2,(H,23,25)(H2,22,24,26,27)/t14-,17+/m1/s1. The normalized spacial score (nSPS) is 19.0. The van der Waals surface area contributed by atoms with Crippen molar-refractivity contribution in [2.45, 2.75) is 18.9 Å². The van der Waals surface area contributed by atoms with E-state index in [0.717, 1.165) is 22.9 Å². The highest BCUT2D eigenvalue weighted by Crippen LogP contribution is 2.24. The molecular formula is C20H20N4O4. The van der Waals surface area contributed by atoms with Gasteiger partial charge in [0.05, 0.1) is 31.2 Å². The number of benzene rings is 1. The molecule has 8 nitrogen and oxygen atoms in total. The average molecular weight is 380 g/mol. The van der Waals surface area contributed by atoms with Gasteiger partial charge in [-0.1, -0.05) is 18.2 Å². The molecule has 1 fully saturated rings. The number of carbonyl (C=O) groups excluding carboxylic acids is 1. The Morgan fingerprint density at radius 1 is 1.18 bits per heavy atom. The first-order valence-corrected chi connectivity index (χ1v) is 9.11. The number of carbonyl (C=O) groups is 1. The van der Waals surface area contributed by atoms with Crippen LogP contribution < -0.4 is 16.6 Å². The Labute approximate surface area is 160 Å². The van der Waals surface area contributed by atoms with Crippen LogP contribution in [-0.2, 0) is 22.4 Å². The van der Waals surface area contributed by atoms with Crippen molar-refractivity contribution in [3.05, 3.63) is 74.7 Å². The third-order valence-electron chi connectivity index (χ3n) is 5.01. The molecule has 3 aromatic rings. The molecule has 0 bridgehead atoms. The Balaban J connectivity index is 1.45. The van der Waals surface area contributed by atoms with Crippen molar-refractivity contribution in [1.82, 2.24) is 20.3 Å². The molecule has 3 N–H and O–H groups in total. The lowest BCUT2D eigenvalue weighted by atomic mass is 9.93. The fourth-order valence-electron chi connectivity index (χ4n) is 3.57. The van der Waals surface area contributed by atoms with Gasteiger partial charge < -0.3 is 15.0 Å². The first-order valence-electron chi connectivity index (χ1n) is 9.11. The third kappa shape index (κ3) is 3.86. The van der Waals surface area contributed by atoms with Crippen molar-refractivity contribution in [2.24, 2.45) is 5.92 Å². The fraction of sp³-hybridized carbons (Fsp3) is 0.300. The molecule has 144 valence electrons. The molecule has 4 rings (SSSR count). The molecule has 3 heterocycles. The predicted molar refractivity (Wildman–Crippen MR) is 103 cm³/mol. The molecule has 1 saturated heterocycles. The molecule has 1 aliphatic heterocycles. The van der Waals surface area contributed by atoms with E-state index in [4.69, 9.17) is 4.74 Å². The lowest BCUT2D eigenvalue weighted by molar-refractivity contribution is -0.121. The summed E-state index contributed by atoms with van der Waals surface area (Å²) >= 11 is 0. The molecule has 1 amide bonds. The average Bonchev–Trinajstić information content (AvgIpc) is 3.11. The number of para-hydroxylation sites is 1. The maximum Gasteiger partial charge on any atom is 0.325 e. The van der Waals surface area contributed by atoms with Gasteiger partial charge in [-0.3, -0.25) is 19.6 Å². The van der Waals surface area contributed by atoms with E-state index in [1.165, 1.54) is 6.20 Å². The summed E-state index contributed by atoms with van der Waals surface area (Å²) < 4.78 is 5.60. The Hall–Kier alpha value is -3.26. The van der Waals surface area contributed by atoms with E-state index < -0.39 is 11.2 Å². The monoisotopic (exact) mass is 380 g/mol. The number of aromatic nitrogens is 3. The van der Waals surface area contributed by atoms with E-state index in [-0.39, 0.29) is 29.9 Å². The van der Waals surface area contributed by atoms with E-state index in [2.05, 4.69) is 20.3 Å². The van der Waals surface area contributed by atoms with Crippen LogP contribution in [0.3, 0.4) is 0 Å². The zero-order valence-electron chi connectivity index (χ0n) is 15.1. The summed E-state index contributed by atoms with van der Waals surface area (Å²) in [6.07, 6.45) is 3.72. The molecule has 28 heavy (non-hydrogen) atoms. The molecule has 0 aliphatic carbocycles.